The van der Waals surface area contributed by atoms with Crippen LogP contribution < -0.4 is 4.74 Å². The van der Waals surface area contributed by atoms with E-state index in [1.54, 1.807) is 24.3 Å². The second-order valence-electron chi connectivity index (χ2n) is 5.89. The average molecular weight is 379 g/mol. The maximum absolute atomic E-state index is 13.4. The minimum Gasteiger partial charge on any atom is -0.473 e. The molecular weight excluding hydrogens is 363 g/mol. The van der Waals surface area contributed by atoms with Crippen LogP contribution in [0.5, 0.6) is 5.88 Å². The van der Waals surface area contributed by atoms with Crippen LogP contribution in [0.25, 0.3) is 11.0 Å². The van der Waals surface area contributed by atoms with E-state index < -0.39 is 17.7 Å². The summed E-state index contributed by atoms with van der Waals surface area (Å²) in [5.41, 5.74) is 0.537. The van der Waals surface area contributed by atoms with E-state index in [9.17, 15) is 18.0 Å². The summed E-state index contributed by atoms with van der Waals surface area (Å²) in [5.74, 6) is -0.633. The summed E-state index contributed by atoms with van der Waals surface area (Å²) in [6.07, 6.45) is -4.56. The first-order chi connectivity index (χ1) is 12.7. The van der Waals surface area contributed by atoms with Crippen molar-refractivity contribution in [1.82, 2.24) is 14.8 Å². The first-order valence-electron chi connectivity index (χ1n) is 7.92. The Hall–Kier alpha value is -3.10. The van der Waals surface area contributed by atoms with Crippen molar-refractivity contribution in [3.63, 3.8) is 0 Å². The van der Waals surface area contributed by atoms with Crippen LogP contribution in [0.1, 0.15) is 27.2 Å². The fraction of sp³-hybridized carbons (Fsp3) is 0.278. The van der Waals surface area contributed by atoms with Crippen molar-refractivity contribution in [1.29, 1.82) is 0 Å². The van der Waals surface area contributed by atoms with Crippen LogP contribution in [-0.2, 0) is 24.6 Å². The van der Waals surface area contributed by atoms with Crippen LogP contribution in [0, 0.1) is 6.92 Å². The van der Waals surface area contributed by atoms with Crippen molar-refractivity contribution in [2.75, 3.05) is 7.11 Å². The molecule has 0 fully saturated rings. The number of fused-ring (bicyclic) bond motifs is 1. The Morgan fingerprint density at radius 3 is 2.48 bits per heavy atom. The fourth-order valence-electron chi connectivity index (χ4n) is 2.73. The first kappa shape index (κ1) is 18.7. The topological polar surface area (TPSA) is 66.2 Å². The molecule has 0 radical (unpaired) electrons. The number of carbonyl (C=O) groups excluding carboxylic acids is 1. The highest BCUT2D eigenvalue weighted by Crippen LogP contribution is 2.37. The van der Waals surface area contributed by atoms with Gasteiger partial charge in [0.2, 0.25) is 5.88 Å². The smallest absolute Gasteiger partial charge is 0.417 e. The normalized spacial score (nSPS) is 11.6. The molecule has 2 heterocycles. The van der Waals surface area contributed by atoms with Crippen LogP contribution in [-0.4, -0.2) is 27.8 Å². The van der Waals surface area contributed by atoms with E-state index in [1.165, 1.54) is 25.8 Å². The maximum Gasteiger partial charge on any atom is 0.417 e. The number of esters is 1. The molecule has 0 unspecified atom stereocenters. The van der Waals surface area contributed by atoms with E-state index in [1.807, 2.05) is 0 Å². The van der Waals surface area contributed by atoms with Crippen LogP contribution in [0.3, 0.4) is 0 Å². The Kier molecular flexibility index (Phi) is 4.77. The van der Waals surface area contributed by atoms with E-state index in [-0.39, 0.29) is 29.2 Å². The molecule has 0 saturated carbocycles. The molecule has 2 aromatic heterocycles. The zero-order valence-electron chi connectivity index (χ0n) is 14.8. The third kappa shape index (κ3) is 3.71. The summed E-state index contributed by atoms with van der Waals surface area (Å²) in [6, 6.07) is 7.23. The largest absolute Gasteiger partial charge is 0.473 e. The molecule has 9 heteroatoms. The first-order valence-corrected chi connectivity index (χ1v) is 7.92. The Labute approximate surface area is 152 Å². The molecule has 1 aromatic carbocycles. The third-order valence-electron chi connectivity index (χ3n) is 4.01. The Bertz CT molecular complexity index is 995. The summed E-state index contributed by atoms with van der Waals surface area (Å²) >= 11 is 0. The van der Waals surface area contributed by atoms with Gasteiger partial charge in [0.1, 0.15) is 6.61 Å². The number of aryl methyl sites for hydroxylation is 2. The lowest BCUT2D eigenvalue weighted by atomic mass is 10.1. The molecule has 0 bridgehead atoms. The number of carbonyl (C=O) groups is 1. The van der Waals surface area contributed by atoms with E-state index >= 15 is 0 Å². The summed E-state index contributed by atoms with van der Waals surface area (Å²) in [5, 5.41) is 3.97. The van der Waals surface area contributed by atoms with Gasteiger partial charge in [-0.2, -0.15) is 23.3 Å². The molecule has 0 saturated heterocycles. The van der Waals surface area contributed by atoms with Crippen LogP contribution in [0.4, 0.5) is 13.2 Å². The number of rotatable bonds is 4. The molecule has 3 rings (SSSR count). The number of benzene rings is 1. The number of hydrogen-bond acceptors (Lipinski definition) is 5. The van der Waals surface area contributed by atoms with Crippen LogP contribution in [0.15, 0.2) is 30.3 Å². The maximum atomic E-state index is 13.4. The van der Waals surface area contributed by atoms with Crippen molar-refractivity contribution in [2.45, 2.75) is 19.7 Å². The lowest BCUT2D eigenvalue weighted by Crippen LogP contribution is -2.08. The lowest BCUT2D eigenvalue weighted by Gasteiger charge is -2.12. The number of nitrogens with zero attached hydrogens (tertiary/aromatic N) is 3. The number of methoxy groups -OCH3 is 1. The Balaban J connectivity index is 1.89. The molecule has 0 aliphatic rings. The van der Waals surface area contributed by atoms with E-state index in [4.69, 9.17) is 4.74 Å². The standard InChI is InChI=1S/C18H16F3N3O3/c1-10-15-13(18(19,20)21)8-14(22-16(15)24(2)23-10)27-9-11-4-6-12(7-5-11)17(25)26-3/h4-8H,9H2,1-3H3. The van der Waals surface area contributed by atoms with Gasteiger partial charge in [-0.15, -0.1) is 0 Å². The zero-order chi connectivity index (χ0) is 19.8. The molecule has 0 atom stereocenters. The number of ether oxygens (including phenoxy) is 2. The lowest BCUT2D eigenvalue weighted by molar-refractivity contribution is -0.136. The predicted molar refractivity (Wildman–Crippen MR) is 90.4 cm³/mol. The number of halogens is 3. The van der Waals surface area contributed by atoms with Gasteiger partial charge in [0, 0.05) is 13.1 Å². The minimum absolute atomic E-state index is 0.00586. The van der Waals surface area contributed by atoms with Crippen molar-refractivity contribution >= 4 is 17.0 Å². The van der Waals surface area contributed by atoms with Crippen LogP contribution in [0.2, 0.25) is 0 Å². The fourth-order valence-corrected chi connectivity index (χ4v) is 2.73. The minimum atomic E-state index is -4.56. The SMILES string of the molecule is COC(=O)c1ccc(COc2cc(C(F)(F)F)c3c(C)nn(C)c3n2)cc1. The van der Waals surface area contributed by atoms with Gasteiger partial charge in [0.05, 0.1) is 29.3 Å². The number of alkyl halides is 3. The van der Waals surface area contributed by atoms with Gasteiger partial charge in [0.15, 0.2) is 5.65 Å². The van der Waals surface area contributed by atoms with Crippen molar-refractivity contribution in [3.05, 3.63) is 52.7 Å². The predicted octanol–water partition coefficient (Wildman–Crippen LogP) is 3.66. The van der Waals surface area contributed by atoms with E-state index in [2.05, 4.69) is 14.8 Å². The van der Waals surface area contributed by atoms with Gasteiger partial charge >= 0.3 is 12.1 Å². The molecular formula is C18H16F3N3O3. The highest BCUT2D eigenvalue weighted by Gasteiger charge is 2.35. The molecule has 0 spiro atoms. The van der Waals surface area contributed by atoms with Gasteiger partial charge < -0.3 is 9.47 Å². The Morgan fingerprint density at radius 2 is 1.89 bits per heavy atom. The van der Waals surface area contributed by atoms with E-state index in [0.717, 1.165) is 6.07 Å². The second-order valence-corrected chi connectivity index (χ2v) is 5.89. The molecule has 27 heavy (non-hydrogen) atoms. The summed E-state index contributed by atoms with van der Waals surface area (Å²) in [7, 11) is 2.80. The second kappa shape index (κ2) is 6.90. The van der Waals surface area contributed by atoms with E-state index in [0.29, 0.717) is 11.1 Å². The Morgan fingerprint density at radius 1 is 1.22 bits per heavy atom. The number of pyridine rings is 1. The van der Waals surface area contributed by atoms with Gasteiger partial charge in [-0.25, -0.2) is 4.79 Å². The molecule has 0 N–H and O–H groups in total. The average Bonchev–Trinajstić information content (AvgIpc) is 2.92. The van der Waals surface area contributed by atoms with Gasteiger partial charge in [-0.3, -0.25) is 4.68 Å². The zero-order valence-corrected chi connectivity index (χ0v) is 14.8. The van der Waals surface area contributed by atoms with Crippen LogP contribution >= 0.6 is 0 Å². The number of hydrogen-bond donors (Lipinski definition) is 0. The molecule has 0 aliphatic heterocycles. The quantitative estimate of drug-likeness (QED) is 0.648. The van der Waals surface area contributed by atoms with Crippen molar-refractivity contribution < 1.29 is 27.4 Å². The van der Waals surface area contributed by atoms with Gasteiger partial charge in [-0.05, 0) is 24.6 Å². The summed E-state index contributed by atoms with van der Waals surface area (Å²) in [6.45, 7) is 1.50. The molecule has 3 aromatic rings. The molecule has 0 amide bonds. The molecule has 142 valence electrons. The van der Waals surface area contributed by atoms with Gasteiger partial charge in [-0.1, -0.05) is 12.1 Å². The van der Waals surface area contributed by atoms with Crippen molar-refractivity contribution in [2.24, 2.45) is 7.05 Å². The monoisotopic (exact) mass is 379 g/mol. The van der Waals surface area contributed by atoms with Gasteiger partial charge in [0.25, 0.3) is 0 Å². The molecule has 6 nitrogen and oxygen atoms in total. The summed E-state index contributed by atoms with van der Waals surface area (Å²) < 4.78 is 51.7. The molecule has 0 aliphatic carbocycles. The highest BCUT2D eigenvalue weighted by molar-refractivity contribution is 5.89. The van der Waals surface area contributed by atoms with Crippen molar-refractivity contribution in [3.8, 4) is 5.88 Å². The number of aromatic nitrogens is 3. The third-order valence-corrected chi connectivity index (χ3v) is 4.01. The highest BCUT2D eigenvalue weighted by atomic mass is 19.4. The summed E-state index contributed by atoms with van der Waals surface area (Å²) in [4.78, 5) is 15.6.